The zero-order valence-corrected chi connectivity index (χ0v) is 10.6. The number of hydrogen-bond donors (Lipinski definition) is 1. The molecule has 0 saturated heterocycles. The Morgan fingerprint density at radius 2 is 1.88 bits per heavy atom. The standard InChI is InChI=1S/C10H19ClF3NO/c1-8(11)9(2,3)15-5-4-6-16-7-10(12,13)14/h8,15H,4-7H2,1-3H3. The molecule has 0 fully saturated rings. The van der Waals surface area contributed by atoms with E-state index in [0.717, 1.165) is 0 Å². The number of halogens is 4. The van der Waals surface area contributed by atoms with E-state index in [1.54, 1.807) is 0 Å². The van der Waals surface area contributed by atoms with Crippen molar-refractivity contribution >= 4 is 11.6 Å². The molecule has 0 saturated carbocycles. The molecule has 0 aliphatic carbocycles. The smallest absolute Gasteiger partial charge is 0.372 e. The van der Waals surface area contributed by atoms with Crippen LogP contribution in [0.1, 0.15) is 27.2 Å². The molecule has 1 unspecified atom stereocenters. The Hall–Kier alpha value is -0.0000000000000000555. The summed E-state index contributed by atoms with van der Waals surface area (Å²) in [6, 6.07) is 0. The largest absolute Gasteiger partial charge is 0.411 e. The minimum absolute atomic E-state index is 0.0522. The molecule has 1 atom stereocenters. The van der Waals surface area contributed by atoms with E-state index in [1.165, 1.54) is 0 Å². The van der Waals surface area contributed by atoms with Gasteiger partial charge in [-0.2, -0.15) is 13.2 Å². The average molecular weight is 262 g/mol. The van der Waals surface area contributed by atoms with Gasteiger partial charge in [0.25, 0.3) is 0 Å². The molecule has 98 valence electrons. The molecule has 0 amide bonds. The van der Waals surface area contributed by atoms with Gasteiger partial charge in [-0.05, 0) is 33.7 Å². The maximum Gasteiger partial charge on any atom is 0.411 e. The highest BCUT2D eigenvalue weighted by Gasteiger charge is 2.27. The molecule has 0 heterocycles. The van der Waals surface area contributed by atoms with Crippen molar-refractivity contribution in [2.75, 3.05) is 19.8 Å². The monoisotopic (exact) mass is 261 g/mol. The van der Waals surface area contributed by atoms with Gasteiger partial charge in [-0.1, -0.05) is 0 Å². The van der Waals surface area contributed by atoms with Crippen molar-refractivity contribution in [1.82, 2.24) is 5.32 Å². The van der Waals surface area contributed by atoms with Gasteiger partial charge in [0.05, 0.1) is 0 Å². The molecule has 6 heteroatoms. The third-order valence-corrected chi connectivity index (χ3v) is 2.85. The Balaban J connectivity index is 3.48. The van der Waals surface area contributed by atoms with Gasteiger partial charge in [-0.15, -0.1) is 11.6 Å². The minimum Gasteiger partial charge on any atom is -0.372 e. The van der Waals surface area contributed by atoms with E-state index in [1.807, 2.05) is 20.8 Å². The van der Waals surface area contributed by atoms with Gasteiger partial charge < -0.3 is 10.1 Å². The molecule has 0 spiro atoms. The summed E-state index contributed by atoms with van der Waals surface area (Å²) in [4.78, 5) is 0. The first-order valence-corrected chi connectivity index (χ1v) is 5.62. The van der Waals surface area contributed by atoms with E-state index in [4.69, 9.17) is 11.6 Å². The maximum absolute atomic E-state index is 11.7. The van der Waals surface area contributed by atoms with Gasteiger partial charge in [0.15, 0.2) is 0 Å². The number of nitrogens with one attached hydrogen (secondary N) is 1. The van der Waals surface area contributed by atoms with Gasteiger partial charge in [-0.3, -0.25) is 0 Å². The normalized spacial score (nSPS) is 15.2. The molecular formula is C10H19ClF3NO. The molecule has 0 aliphatic heterocycles. The minimum atomic E-state index is -4.24. The third-order valence-electron chi connectivity index (χ3n) is 2.31. The molecule has 0 bridgehead atoms. The van der Waals surface area contributed by atoms with Gasteiger partial charge in [-0.25, -0.2) is 0 Å². The van der Waals surface area contributed by atoms with E-state index in [-0.39, 0.29) is 17.5 Å². The zero-order valence-electron chi connectivity index (χ0n) is 9.83. The highest BCUT2D eigenvalue weighted by molar-refractivity contribution is 6.21. The van der Waals surface area contributed by atoms with Crippen molar-refractivity contribution in [2.24, 2.45) is 0 Å². The SMILES string of the molecule is CC(Cl)C(C)(C)NCCCOCC(F)(F)F. The van der Waals surface area contributed by atoms with Crippen molar-refractivity contribution in [1.29, 1.82) is 0 Å². The van der Waals surface area contributed by atoms with Crippen LogP contribution in [-0.2, 0) is 4.74 Å². The van der Waals surface area contributed by atoms with Crippen LogP contribution < -0.4 is 5.32 Å². The second kappa shape index (κ2) is 6.67. The van der Waals surface area contributed by atoms with Crippen molar-refractivity contribution in [3.8, 4) is 0 Å². The van der Waals surface area contributed by atoms with Crippen molar-refractivity contribution in [3.05, 3.63) is 0 Å². The summed E-state index contributed by atoms with van der Waals surface area (Å²) in [5.74, 6) is 0. The Labute approximate surface area is 99.5 Å². The Kier molecular flexibility index (Phi) is 6.67. The highest BCUT2D eigenvalue weighted by atomic mass is 35.5. The summed E-state index contributed by atoms with van der Waals surface area (Å²) in [5, 5.41) is 3.11. The second-order valence-electron chi connectivity index (χ2n) is 4.29. The van der Waals surface area contributed by atoms with Crippen LogP contribution >= 0.6 is 11.6 Å². The molecule has 16 heavy (non-hydrogen) atoms. The van der Waals surface area contributed by atoms with Gasteiger partial charge in [0.2, 0.25) is 0 Å². The van der Waals surface area contributed by atoms with Crippen LogP contribution in [0.2, 0.25) is 0 Å². The molecule has 0 aromatic carbocycles. The van der Waals surface area contributed by atoms with Crippen LogP contribution in [0.25, 0.3) is 0 Å². The Bertz CT molecular complexity index is 195. The van der Waals surface area contributed by atoms with Crippen LogP contribution in [0.5, 0.6) is 0 Å². The maximum atomic E-state index is 11.7. The van der Waals surface area contributed by atoms with E-state index < -0.39 is 12.8 Å². The van der Waals surface area contributed by atoms with Crippen LogP contribution in [0, 0.1) is 0 Å². The molecule has 0 aromatic rings. The predicted molar refractivity (Wildman–Crippen MR) is 58.9 cm³/mol. The lowest BCUT2D eigenvalue weighted by atomic mass is 10.0. The van der Waals surface area contributed by atoms with E-state index in [9.17, 15) is 13.2 Å². The van der Waals surface area contributed by atoms with Gasteiger partial charge in [0, 0.05) is 17.5 Å². The summed E-state index contributed by atoms with van der Waals surface area (Å²) in [7, 11) is 0. The summed E-state index contributed by atoms with van der Waals surface area (Å²) >= 11 is 5.93. The van der Waals surface area contributed by atoms with E-state index >= 15 is 0 Å². The Morgan fingerprint density at radius 1 is 1.31 bits per heavy atom. The van der Waals surface area contributed by atoms with Crippen LogP contribution in [0.3, 0.4) is 0 Å². The summed E-state index contributed by atoms with van der Waals surface area (Å²) < 4.78 is 39.6. The van der Waals surface area contributed by atoms with Crippen molar-refractivity contribution in [3.63, 3.8) is 0 Å². The fourth-order valence-electron chi connectivity index (χ4n) is 0.913. The quantitative estimate of drug-likeness (QED) is 0.562. The lowest BCUT2D eigenvalue weighted by Gasteiger charge is -2.29. The number of alkyl halides is 4. The average Bonchev–Trinajstić information content (AvgIpc) is 2.09. The fourth-order valence-corrected chi connectivity index (χ4v) is 0.990. The van der Waals surface area contributed by atoms with Crippen molar-refractivity contribution in [2.45, 2.75) is 44.3 Å². The first-order chi connectivity index (χ1) is 7.15. The number of hydrogen-bond acceptors (Lipinski definition) is 2. The van der Waals surface area contributed by atoms with Gasteiger partial charge in [0.1, 0.15) is 6.61 Å². The molecule has 1 N–H and O–H groups in total. The van der Waals surface area contributed by atoms with Gasteiger partial charge >= 0.3 is 6.18 Å². The highest BCUT2D eigenvalue weighted by Crippen LogP contribution is 2.15. The molecule has 2 nitrogen and oxygen atoms in total. The summed E-state index contributed by atoms with van der Waals surface area (Å²) in [6.45, 7) is 5.26. The first-order valence-electron chi connectivity index (χ1n) is 5.19. The molecule has 0 rings (SSSR count). The van der Waals surface area contributed by atoms with E-state index in [2.05, 4.69) is 10.1 Å². The fraction of sp³-hybridized carbons (Fsp3) is 1.00. The number of ether oxygens (including phenoxy) is 1. The van der Waals surface area contributed by atoms with Crippen molar-refractivity contribution < 1.29 is 17.9 Å². The molecule has 0 radical (unpaired) electrons. The predicted octanol–water partition coefficient (Wildman–Crippen LogP) is 2.95. The summed E-state index contributed by atoms with van der Waals surface area (Å²) in [5.41, 5.74) is -0.231. The topological polar surface area (TPSA) is 21.3 Å². The number of rotatable bonds is 7. The summed E-state index contributed by atoms with van der Waals surface area (Å²) in [6.07, 6.45) is -3.71. The second-order valence-corrected chi connectivity index (χ2v) is 4.94. The molecule has 0 aromatic heterocycles. The third kappa shape index (κ3) is 8.19. The lowest BCUT2D eigenvalue weighted by molar-refractivity contribution is -0.174. The van der Waals surface area contributed by atoms with Crippen LogP contribution in [0.4, 0.5) is 13.2 Å². The van der Waals surface area contributed by atoms with E-state index in [0.29, 0.717) is 13.0 Å². The first kappa shape index (κ1) is 16.0. The Morgan fingerprint density at radius 3 is 2.31 bits per heavy atom. The lowest BCUT2D eigenvalue weighted by Crippen LogP contribution is -2.46. The molecular weight excluding hydrogens is 243 g/mol. The van der Waals surface area contributed by atoms with Crippen LogP contribution in [0.15, 0.2) is 0 Å². The molecule has 0 aliphatic rings. The zero-order chi connectivity index (χ0) is 12.8. The van der Waals surface area contributed by atoms with Crippen LogP contribution in [-0.4, -0.2) is 36.9 Å².